The Bertz CT molecular complexity index is 1950. The van der Waals surface area contributed by atoms with Gasteiger partial charge < -0.3 is 27.0 Å². The summed E-state index contributed by atoms with van der Waals surface area (Å²) in [5, 5.41) is 9.89. The van der Waals surface area contributed by atoms with Crippen molar-refractivity contribution >= 4 is 45.2 Å². The zero-order chi connectivity index (χ0) is 35.5. The molecule has 0 aliphatic carbocycles. The number of benzene rings is 5. The second kappa shape index (κ2) is 17.2. The Morgan fingerprint density at radius 3 is 1.70 bits per heavy atom. The van der Waals surface area contributed by atoms with Crippen LogP contribution in [0, 0.1) is 0 Å². The molecule has 0 aliphatic rings. The van der Waals surface area contributed by atoms with Crippen LogP contribution in [0.2, 0.25) is 0 Å². The third-order valence-electron chi connectivity index (χ3n) is 9.08. The van der Waals surface area contributed by atoms with E-state index in [1.807, 2.05) is 115 Å². The van der Waals surface area contributed by atoms with Gasteiger partial charge in [-0.15, -0.1) is 0 Å². The molecule has 0 bridgehead atoms. The summed E-state index contributed by atoms with van der Waals surface area (Å²) in [7, 11) is 1.62. The van der Waals surface area contributed by atoms with Gasteiger partial charge in [0, 0.05) is 32.7 Å². The second-order valence-corrected chi connectivity index (χ2v) is 12.8. The highest BCUT2D eigenvalue weighted by Gasteiger charge is 2.32. The summed E-state index contributed by atoms with van der Waals surface area (Å²) in [4.78, 5) is 55.7. The van der Waals surface area contributed by atoms with E-state index < -0.39 is 35.8 Å². The summed E-state index contributed by atoms with van der Waals surface area (Å²) in [6, 6.07) is 34.0. The lowest BCUT2D eigenvalue weighted by Gasteiger charge is -2.30. The molecule has 0 radical (unpaired) electrons. The van der Waals surface area contributed by atoms with Crippen LogP contribution in [0.25, 0.3) is 21.5 Å². The molecular weight excluding hydrogens is 626 g/mol. The first kappa shape index (κ1) is 35.8. The minimum Gasteiger partial charge on any atom is -0.368 e. The van der Waals surface area contributed by atoms with Gasteiger partial charge in [0.15, 0.2) is 0 Å². The largest absolute Gasteiger partial charge is 0.368 e. The van der Waals surface area contributed by atoms with Crippen molar-refractivity contribution in [2.24, 2.45) is 11.5 Å². The number of nitrogens with one attached hydrogen (secondary N) is 2. The number of hydrogen-bond donors (Lipinski definition) is 4. The minimum absolute atomic E-state index is 0.149. The van der Waals surface area contributed by atoms with E-state index in [-0.39, 0.29) is 31.6 Å². The van der Waals surface area contributed by atoms with Gasteiger partial charge in [-0.05, 0) is 57.6 Å². The fraction of sp³-hybridized carbons (Fsp3) is 0.268. The molecule has 0 heterocycles. The topological polar surface area (TPSA) is 148 Å². The van der Waals surface area contributed by atoms with Crippen molar-refractivity contribution in [2.45, 2.75) is 56.7 Å². The first-order valence-corrected chi connectivity index (χ1v) is 17.1. The molecule has 0 aromatic heterocycles. The van der Waals surface area contributed by atoms with Crippen LogP contribution in [0.15, 0.2) is 115 Å². The Hall–Kier alpha value is -5.54. The maximum absolute atomic E-state index is 14.3. The fourth-order valence-electron chi connectivity index (χ4n) is 6.19. The molecule has 4 amide bonds. The van der Waals surface area contributed by atoms with Gasteiger partial charge in [-0.3, -0.25) is 19.2 Å². The van der Waals surface area contributed by atoms with Gasteiger partial charge in [0.2, 0.25) is 23.6 Å². The molecule has 9 nitrogen and oxygen atoms in total. The minimum atomic E-state index is -1.07. The molecule has 6 N–H and O–H groups in total. The third-order valence-corrected chi connectivity index (χ3v) is 9.08. The number of fused-ring (bicyclic) bond motifs is 2. The molecule has 0 unspecified atom stereocenters. The number of unbranched alkanes of at least 4 members (excludes halogenated alkanes) is 1. The molecule has 0 fully saturated rings. The number of amides is 4. The molecule has 0 saturated carbocycles. The van der Waals surface area contributed by atoms with Gasteiger partial charge in [0.1, 0.15) is 18.1 Å². The van der Waals surface area contributed by atoms with Crippen LogP contribution >= 0.6 is 0 Å². The summed E-state index contributed by atoms with van der Waals surface area (Å²) >= 11 is 0. The molecule has 5 aromatic carbocycles. The normalized spacial score (nSPS) is 12.9. The van der Waals surface area contributed by atoms with E-state index >= 15 is 0 Å². The molecular formula is C41H45N5O4. The monoisotopic (exact) mass is 671 g/mol. The Morgan fingerprint density at radius 1 is 0.600 bits per heavy atom. The van der Waals surface area contributed by atoms with Crippen LogP contribution in [0.5, 0.6) is 0 Å². The zero-order valence-corrected chi connectivity index (χ0v) is 28.4. The predicted octanol–water partition coefficient (Wildman–Crippen LogP) is 4.43. The number of hydrogen-bond acceptors (Lipinski definition) is 5. The van der Waals surface area contributed by atoms with Crippen molar-refractivity contribution in [3.63, 3.8) is 0 Å². The van der Waals surface area contributed by atoms with Crippen LogP contribution in [0.3, 0.4) is 0 Å². The average Bonchev–Trinajstić information content (AvgIpc) is 3.13. The van der Waals surface area contributed by atoms with Crippen LogP contribution in [0.1, 0.15) is 36.0 Å². The first-order valence-electron chi connectivity index (χ1n) is 17.1. The fourth-order valence-corrected chi connectivity index (χ4v) is 6.19. The smallest absolute Gasteiger partial charge is 0.243 e. The first-order chi connectivity index (χ1) is 24.2. The summed E-state index contributed by atoms with van der Waals surface area (Å²) in [6.45, 7) is 0.472. The quantitative estimate of drug-likeness (QED) is 0.115. The molecule has 0 aliphatic heterocycles. The molecule has 0 saturated heterocycles. The summed E-state index contributed by atoms with van der Waals surface area (Å²) < 4.78 is 0. The van der Waals surface area contributed by atoms with Gasteiger partial charge in [0.05, 0.1) is 0 Å². The zero-order valence-electron chi connectivity index (χ0n) is 28.4. The van der Waals surface area contributed by atoms with Gasteiger partial charge in [-0.1, -0.05) is 115 Å². The van der Waals surface area contributed by atoms with E-state index in [0.29, 0.717) is 19.4 Å². The van der Waals surface area contributed by atoms with Gasteiger partial charge in [-0.2, -0.15) is 0 Å². The number of rotatable bonds is 16. The number of likely N-dealkylation sites (N-methyl/N-ethyl adjacent to an activating group) is 1. The summed E-state index contributed by atoms with van der Waals surface area (Å²) in [5.41, 5.74) is 13.9. The summed E-state index contributed by atoms with van der Waals surface area (Å²) in [6.07, 6.45) is 2.12. The lowest BCUT2D eigenvalue weighted by molar-refractivity contribution is -0.140. The van der Waals surface area contributed by atoms with Crippen LogP contribution < -0.4 is 22.1 Å². The Morgan fingerprint density at radius 2 is 1.12 bits per heavy atom. The average molecular weight is 672 g/mol. The Labute approximate surface area is 293 Å². The molecule has 5 aromatic rings. The van der Waals surface area contributed by atoms with Crippen LogP contribution in [0.4, 0.5) is 0 Å². The third kappa shape index (κ3) is 9.54. The maximum Gasteiger partial charge on any atom is 0.243 e. The highest BCUT2D eigenvalue weighted by atomic mass is 16.2. The van der Waals surface area contributed by atoms with Crippen LogP contribution in [-0.2, 0) is 38.4 Å². The standard InChI is InChI=1S/C41H45N5O4/c1-46(38(47)17-9-10-22-42)37(27-30-19-21-32-14-6-8-16-34(32)24-30)41(50)45-36(26-29-18-20-31-13-5-7-15-33(31)23-29)40(49)44-35(39(43)48)25-28-11-3-2-4-12-28/h2-8,11-16,18-21,23-24,35-37H,9-10,17,22,25-27,42H2,1H3,(H2,43,48)(H,44,49)(H,45,50)/t35-,36+,37+/m0/s1. The number of nitrogens with two attached hydrogens (primary N) is 2. The van der Waals surface area contributed by atoms with Crippen molar-refractivity contribution in [1.29, 1.82) is 0 Å². The Kier molecular flexibility index (Phi) is 12.3. The molecule has 9 heteroatoms. The predicted molar refractivity (Wildman–Crippen MR) is 198 cm³/mol. The summed E-state index contributed by atoms with van der Waals surface area (Å²) in [5.74, 6) is -1.90. The maximum atomic E-state index is 14.3. The molecule has 50 heavy (non-hydrogen) atoms. The van der Waals surface area contributed by atoms with Gasteiger partial charge >= 0.3 is 0 Å². The van der Waals surface area contributed by atoms with E-state index in [0.717, 1.165) is 38.2 Å². The number of nitrogens with zero attached hydrogens (tertiary/aromatic N) is 1. The lowest BCUT2D eigenvalue weighted by atomic mass is 9.98. The van der Waals surface area contributed by atoms with E-state index in [9.17, 15) is 19.2 Å². The van der Waals surface area contributed by atoms with E-state index in [1.165, 1.54) is 4.90 Å². The number of carbonyl (C=O) groups excluding carboxylic acids is 4. The van der Waals surface area contributed by atoms with E-state index in [4.69, 9.17) is 11.5 Å². The molecule has 258 valence electrons. The van der Waals surface area contributed by atoms with Crippen molar-refractivity contribution in [3.8, 4) is 0 Å². The van der Waals surface area contributed by atoms with Crippen molar-refractivity contribution < 1.29 is 19.2 Å². The van der Waals surface area contributed by atoms with Gasteiger partial charge in [0.25, 0.3) is 0 Å². The second-order valence-electron chi connectivity index (χ2n) is 12.8. The van der Waals surface area contributed by atoms with Crippen LogP contribution in [-0.4, -0.2) is 60.2 Å². The van der Waals surface area contributed by atoms with Crippen molar-refractivity contribution in [3.05, 3.63) is 132 Å². The highest BCUT2D eigenvalue weighted by Crippen LogP contribution is 2.20. The SMILES string of the molecule is CN(C(=O)CCCCN)[C@H](Cc1ccc2ccccc2c1)C(=O)N[C@H](Cc1ccc2ccccc2c1)C(=O)N[C@@H](Cc1ccccc1)C(N)=O. The molecule has 0 spiro atoms. The Balaban J connectivity index is 1.44. The van der Waals surface area contributed by atoms with E-state index in [1.54, 1.807) is 7.05 Å². The molecule has 5 rings (SSSR count). The lowest BCUT2D eigenvalue weighted by Crippen LogP contribution is -2.58. The number of carbonyl (C=O) groups is 4. The number of primary amides is 1. The van der Waals surface area contributed by atoms with Gasteiger partial charge in [-0.25, -0.2) is 0 Å². The molecule has 3 atom stereocenters. The van der Waals surface area contributed by atoms with Crippen molar-refractivity contribution in [2.75, 3.05) is 13.6 Å². The van der Waals surface area contributed by atoms with E-state index in [2.05, 4.69) is 10.6 Å². The van der Waals surface area contributed by atoms with Crippen molar-refractivity contribution in [1.82, 2.24) is 15.5 Å². The highest BCUT2D eigenvalue weighted by molar-refractivity contribution is 5.95.